The van der Waals surface area contributed by atoms with Gasteiger partial charge in [-0.25, -0.2) is 9.59 Å². The van der Waals surface area contributed by atoms with Crippen LogP contribution < -0.4 is 10.5 Å². The first-order valence-electron chi connectivity index (χ1n) is 5.36. The van der Waals surface area contributed by atoms with Crippen LogP contribution in [0.3, 0.4) is 0 Å². The molecule has 0 radical (unpaired) electrons. The van der Waals surface area contributed by atoms with Gasteiger partial charge < -0.3 is 20.3 Å². The van der Waals surface area contributed by atoms with E-state index in [4.69, 9.17) is 15.6 Å². The Labute approximate surface area is 104 Å². The van der Waals surface area contributed by atoms with Gasteiger partial charge in [0.05, 0.1) is 7.11 Å². The van der Waals surface area contributed by atoms with Crippen LogP contribution in [0, 0.1) is 0 Å². The Morgan fingerprint density at radius 2 is 2.11 bits per heavy atom. The van der Waals surface area contributed by atoms with Crippen molar-refractivity contribution in [1.29, 1.82) is 0 Å². The molecule has 1 unspecified atom stereocenters. The number of carbonyl (C=O) groups excluding carboxylic acids is 1. The monoisotopic (exact) mass is 253 g/mol. The second kappa shape index (κ2) is 5.90. The first kappa shape index (κ1) is 13.8. The number of ether oxygens (including phenoxy) is 2. The molecule has 0 aliphatic rings. The summed E-state index contributed by atoms with van der Waals surface area (Å²) in [6.07, 6.45) is -0.739. The summed E-state index contributed by atoms with van der Waals surface area (Å²) in [6.45, 7) is 1.67. The molecule has 1 aromatic rings. The van der Waals surface area contributed by atoms with Crippen molar-refractivity contribution in [3.63, 3.8) is 0 Å². The van der Waals surface area contributed by atoms with Gasteiger partial charge in [-0.3, -0.25) is 0 Å². The van der Waals surface area contributed by atoms with E-state index in [1.54, 1.807) is 6.92 Å². The summed E-state index contributed by atoms with van der Waals surface area (Å²) < 4.78 is 9.86. The van der Waals surface area contributed by atoms with Gasteiger partial charge in [-0.1, -0.05) is 6.92 Å². The van der Waals surface area contributed by atoms with Crippen LogP contribution in [-0.2, 0) is 9.53 Å². The Morgan fingerprint density at radius 1 is 1.44 bits per heavy atom. The molecule has 0 fully saturated rings. The molecule has 6 heteroatoms. The number of carboxylic acids is 1. The maximum atomic E-state index is 11.5. The summed E-state index contributed by atoms with van der Waals surface area (Å²) in [5, 5.41) is 8.91. The van der Waals surface area contributed by atoms with Crippen LogP contribution in [0.4, 0.5) is 5.69 Å². The zero-order valence-electron chi connectivity index (χ0n) is 10.2. The summed E-state index contributed by atoms with van der Waals surface area (Å²) in [6, 6.07) is 4.36. The van der Waals surface area contributed by atoms with Gasteiger partial charge in [0.2, 0.25) is 0 Å². The molecule has 1 atom stereocenters. The minimum atomic E-state index is -1.09. The van der Waals surface area contributed by atoms with Gasteiger partial charge in [0.1, 0.15) is 11.3 Å². The number of aliphatic carboxylic acids is 1. The lowest BCUT2D eigenvalue weighted by Gasteiger charge is -2.15. The van der Waals surface area contributed by atoms with Crippen molar-refractivity contribution in [2.75, 3.05) is 12.8 Å². The van der Waals surface area contributed by atoms with Crippen molar-refractivity contribution in [2.24, 2.45) is 0 Å². The summed E-state index contributed by atoms with van der Waals surface area (Å²) in [4.78, 5) is 22.4. The minimum Gasteiger partial charge on any atom is -0.479 e. The highest BCUT2D eigenvalue weighted by molar-refractivity contribution is 5.93. The number of hydrogen-bond acceptors (Lipinski definition) is 5. The molecular weight excluding hydrogens is 238 g/mol. The molecule has 98 valence electrons. The molecule has 0 spiro atoms. The lowest BCUT2D eigenvalue weighted by molar-refractivity contribution is -0.145. The summed E-state index contributed by atoms with van der Waals surface area (Å²) in [5.74, 6) is -1.58. The van der Waals surface area contributed by atoms with E-state index in [0.29, 0.717) is 5.69 Å². The van der Waals surface area contributed by atoms with Crippen molar-refractivity contribution in [1.82, 2.24) is 0 Å². The van der Waals surface area contributed by atoms with Crippen LogP contribution in [0.2, 0.25) is 0 Å². The minimum absolute atomic E-state index is 0.109. The van der Waals surface area contributed by atoms with E-state index in [1.165, 1.54) is 25.3 Å². The van der Waals surface area contributed by atoms with Gasteiger partial charge in [0.25, 0.3) is 0 Å². The maximum absolute atomic E-state index is 11.5. The normalized spacial score (nSPS) is 11.7. The molecule has 0 heterocycles. The molecule has 0 bridgehead atoms. The van der Waals surface area contributed by atoms with E-state index in [2.05, 4.69) is 4.74 Å². The Hall–Kier alpha value is -2.24. The van der Waals surface area contributed by atoms with E-state index < -0.39 is 18.0 Å². The molecule has 0 aromatic heterocycles. The number of carbonyl (C=O) groups is 2. The second-order valence-corrected chi connectivity index (χ2v) is 3.60. The quantitative estimate of drug-likeness (QED) is 0.606. The summed E-state index contributed by atoms with van der Waals surface area (Å²) in [5.41, 5.74) is 6.04. The first-order chi connectivity index (χ1) is 8.49. The number of anilines is 1. The number of rotatable bonds is 5. The standard InChI is InChI=1S/C12H15NO5/c1-3-9(11(14)15)18-10-5-4-7(13)6-8(10)12(16)17-2/h4-6,9H,3,13H2,1-2H3,(H,14,15). The van der Waals surface area contributed by atoms with Crippen molar-refractivity contribution in [3.8, 4) is 5.75 Å². The smallest absolute Gasteiger partial charge is 0.344 e. The lowest BCUT2D eigenvalue weighted by Crippen LogP contribution is -2.26. The fourth-order valence-corrected chi connectivity index (χ4v) is 1.38. The third-order valence-electron chi connectivity index (χ3n) is 2.32. The molecule has 1 aromatic carbocycles. The van der Waals surface area contributed by atoms with Crippen molar-refractivity contribution in [2.45, 2.75) is 19.4 Å². The van der Waals surface area contributed by atoms with Gasteiger partial charge in [-0.15, -0.1) is 0 Å². The topological polar surface area (TPSA) is 98.9 Å². The van der Waals surface area contributed by atoms with E-state index in [9.17, 15) is 9.59 Å². The highest BCUT2D eigenvalue weighted by Gasteiger charge is 2.21. The number of hydrogen-bond donors (Lipinski definition) is 2. The SMILES string of the molecule is CCC(Oc1ccc(N)cc1C(=O)OC)C(=O)O. The largest absolute Gasteiger partial charge is 0.479 e. The van der Waals surface area contributed by atoms with Crippen LogP contribution >= 0.6 is 0 Å². The maximum Gasteiger partial charge on any atom is 0.344 e. The molecule has 0 saturated carbocycles. The van der Waals surface area contributed by atoms with Crippen LogP contribution in [0.5, 0.6) is 5.75 Å². The number of methoxy groups -OCH3 is 1. The highest BCUT2D eigenvalue weighted by Crippen LogP contribution is 2.24. The Kier molecular flexibility index (Phi) is 4.53. The molecule has 0 saturated heterocycles. The van der Waals surface area contributed by atoms with Crippen LogP contribution in [0.1, 0.15) is 23.7 Å². The zero-order valence-corrected chi connectivity index (χ0v) is 10.2. The van der Waals surface area contributed by atoms with Gasteiger partial charge in [0, 0.05) is 5.69 Å². The Balaban J connectivity index is 3.08. The number of benzene rings is 1. The van der Waals surface area contributed by atoms with Gasteiger partial charge in [-0.2, -0.15) is 0 Å². The van der Waals surface area contributed by atoms with Gasteiger partial charge in [0.15, 0.2) is 6.10 Å². The summed E-state index contributed by atoms with van der Waals surface area (Å²) >= 11 is 0. The molecule has 6 nitrogen and oxygen atoms in total. The third kappa shape index (κ3) is 3.13. The van der Waals surface area contributed by atoms with Crippen molar-refractivity contribution >= 4 is 17.6 Å². The zero-order chi connectivity index (χ0) is 13.7. The predicted octanol–water partition coefficient (Wildman–Crippen LogP) is 1.30. The van der Waals surface area contributed by atoms with Gasteiger partial charge >= 0.3 is 11.9 Å². The first-order valence-corrected chi connectivity index (χ1v) is 5.36. The molecule has 1 rings (SSSR count). The fraction of sp³-hybridized carbons (Fsp3) is 0.333. The van der Waals surface area contributed by atoms with Crippen LogP contribution in [0.15, 0.2) is 18.2 Å². The van der Waals surface area contributed by atoms with Crippen LogP contribution in [-0.4, -0.2) is 30.3 Å². The average molecular weight is 253 g/mol. The van der Waals surface area contributed by atoms with E-state index in [0.717, 1.165) is 0 Å². The van der Waals surface area contributed by atoms with E-state index in [1.807, 2.05) is 0 Å². The number of esters is 1. The molecule has 18 heavy (non-hydrogen) atoms. The lowest BCUT2D eigenvalue weighted by atomic mass is 10.1. The van der Waals surface area contributed by atoms with Crippen LogP contribution in [0.25, 0.3) is 0 Å². The van der Waals surface area contributed by atoms with Gasteiger partial charge in [-0.05, 0) is 24.6 Å². The van der Waals surface area contributed by atoms with Crippen molar-refractivity contribution in [3.05, 3.63) is 23.8 Å². The number of nitrogens with two attached hydrogens (primary N) is 1. The molecular formula is C12H15NO5. The number of nitrogen functional groups attached to an aromatic ring is 1. The fourth-order valence-electron chi connectivity index (χ4n) is 1.38. The van der Waals surface area contributed by atoms with Crippen molar-refractivity contribution < 1.29 is 24.2 Å². The highest BCUT2D eigenvalue weighted by atomic mass is 16.5. The van der Waals surface area contributed by atoms with E-state index in [-0.39, 0.29) is 17.7 Å². The second-order valence-electron chi connectivity index (χ2n) is 3.60. The molecule has 3 N–H and O–H groups in total. The summed E-state index contributed by atoms with van der Waals surface area (Å²) in [7, 11) is 1.23. The Bertz CT molecular complexity index is 458. The number of carboxylic acid groups (broad SMARTS) is 1. The molecule has 0 amide bonds. The average Bonchev–Trinajstić information content (AvgIpc) is 2.35. The predicted molar refractivity (Wildman–Crippen MR) is 64.5 cm³/mol. The molecule has 0 aliphatic heterocycles. The van der Waals surface area contributed by atoms with E-state index >= 15 is 0 Å². The molecule has 0 aliphatic carbocycles. The Morgan fingerprint density at radius 3 is 2.61 bits per heavy atom. The third-order valence-corrected chi connectivity index (χ3v) is 2.32.